The molecule has 64 valence electrons. The van der Waals surface area contributed by atoms with Crippen molar-refractivity contribution in [2.75, 3.05) is 0 Å². The lowest BCUT2D eigenvalue weighted by molar-refractivity contribution is -0.116. The minimum atomic E-state index is 0.169. The van der Waals surface area contributed by atoms with Gasteiger partial charge in [0.05, 0.1) is 0 Å². The van der Waals surface area contributed by atoms with Crippen molar-refractivity contribution in [3.63, 3.8) is 0 Å². The van der Waals surface area contributed by atoms with Crippen LogP contribution < -0.4 is 0 Å². The van der Waals surface area contributed by atoms with Gasteiger partial charge in [-0.1, -0.05) is 22.0 Å². The van der Waals surface area contributed by atoms with E-state index in [1.54, 1.807) is 6.92 Å². The molecule has 0 atom stereocenters. The molecule has 0 spiro atoms. The molecule has 0 unspecified atom stereocenters. The molecular weight excluding hydrogens is 236 g/mol. The molecule has 0 aliphatic carbocycles. The zero-order valence-corrected chi connectivity index (χ0v) is 9.15. The van der Waals surface area contributed by atoms with Crippen LogP contribution in [0.25, 0.3) is 0 Å². The van der Waals surface area contributed by atoms with E-state index in [0.29, 0.717) is 6.42 Å². The van der Waals surface area contributed by atoms with Gasteiger partial charge in [0.25, 0.3) is 0 Å². The van der Waals surface area contributed by atoms with E-state index in [9.17, 15) is 4.79 Å². The summed E-state index contributed by atoms with van der Waals surface area (Å²) < 4.78 is 0.949. The Labute approximate surface area is 85.7 Å². The molecule has 1 rings (SSSR count). The van der Waals surface area contributed by atoms with E-state index in [-0.39, 0.29) is 5.78 Å². The first-order valence-electron chi connectivity index (χ1n) is 3.56. The third kappa shape index (κ3) is 2.64. The standard InChI is InChI=1S/C9H9BrOS/c1-6(11)4-7-2-3-8(12)5-9(7)10/h2-3,5,12H,4H2,1H3. The first-order valence-corrected chi connectivity index (χ1v) is 4.80. The maximum atomic E-state index is 10.8. The molecule has 0 bridgehead atoms. The third-order valence-electron chi connectivity index (χ3n) is 1.48. The normalized spacial score (nSPS) is 9.92. The molecule has 0 amide bonds. The molecule has 1 aromatic carbocycles. The van der Waals surface area contributed by atoms with E-state index in [2.05, 4.69) is 28.6 Å². The summed E-state index contributed by atoms with van der Waals surface area (Å²) >= 11 is 7.55. The maximum Gasteiger partial charge on any atom is 0.134 e. The van der Waals surface area contributed by atoms with E-state index in [0.717, 1.165) is 14.9 Å². The van der Waals surface area contributed by atoms with Gasteiger partial charge in [0, 0.05) is 15.8 Å². The fourth-order valence-corrected chi connectivity index (χ4v) is 1.85. The van der Waals surface area contributed by atoms with Crippen LogP contribution in [0.4, 0.5) is 0 Å². The van der Waals surface area contributed by atoms with Gasteiger partial charge in [-0.15, -0.1) is 12.6 Å². The Morgan fingerprint density at radius 1 is 1.58 bits per heavy atom. The van der Waals surface area contributed by atoms with E-state index in [4.69, 9.17) is 0 Å². The van der Waals surface area contributed by atoms with Gasteiger partial charge in [-0.2, -0.15) is 0 Å². The minimum Gasteiger partial charge on any atom is -0.300 e. The summed E-state index contributed by atoms with van der Waals surface area (Å²) in [7, 11) is 0. The number of halogens is 1. The summed E-state index contributed by atoms with van der Waals surface area (Å²) in [5, 5.41) is 0. The van der Waals surface area contributed by atoms with Gasteiger partial charge in [0.15, 0.2) is 0 Å². The number of Topliss-reactive ketones (excluding diaryl/α,β-unsaturated/α-hetero) is 1. The average Bonchev–Trinajstić information content (AvgIpc) is 1.94. The van der Waals surface area contributed by atoms with Crippen molar-refractivity contribution in [3.8, 4) is 0 Å². The fourth-order valence-electron chi connectivity index (χ4n) is 0.948. The highest BCUT2D eigenvalue weighted by Crippen LogP contribution is 2.20. The van der Waals surface area contributed by atoms with Gasteiger partial charge in [0.1, 0.15) is 5.78 Å². The van der Waals surface area contributed by atoms with E-state index < -0.39 is 0 Å². The number of hydrogen-bond acceptors (Lipinski definition) is 2. The Balaban J connectivity index is 2.93. The number of carbonyl (C=O) groups is 1. The van der Waals surface area contributed by atoms with E-state index >= 15 is 0 Å². The molecule has 0 saturated heterocycles. The Bertz CT molecular complexity index is 309. The number of hydrogen-bond donors (Lipinski definition) is 1. The summed E-state index contributed by atoms with van der Waals surface area (Å²) in [4.78, 5) is 11.7. The lowest BCUT2D eigenvalue weighted by Crippen LogP contribution is -1.96. The number of carbonyl (C=O) groups excluding carboxylic acids is 1. The van der Waals surface area contributed by atoms with Crippen LogP contribution in [0, 0.1) is 0 Å². The van der Waals surface area contributed by atoms with Gasteiger partial charge in [-0.3, -0.25) is 4.79 Å². The molecule has 0 radical (unpaired) electrons. The number of benzene rings is 1. The van der Waals surface area contributed by atoms with Crippen molar-refractivity contribution >= 4 is 34.3 Å². The summed E-state index contributed by atoms with van der Waals surface area (Å²) in [5.74, 6) is 0.169. The molecule has 0 heterocycles. The summed E-state index contributed by atoms with van der Waals surface area (Å²) in [6, 6.07) is 5.68. The Hall–Kier alpha value is -0.280. The van der Waals surface area contributed by atoms with Crippen LogP contribution in [0.5, 0.6) is 0 Å². The fraction of sp³-hybridized carbons (Fsp3) is 0.222. The smallest absolute Gasteiger partial charge is 0.134 e. The molecule has 1 aromatic rings. The topological polar surface area (TPSA) is 17.1 Å². The van der Waals surface area contributed by atoms with Crippen LogP contribution in [-0.4, -0.2) is 5.78 Å². The summed E-state index contributed by atoms with van der Waals surface area (Å²) in [6.45, 7) is 1.58. The van der Waals surface area contributed by atoms with Crippen molar-refractivity contribution in [2.24, 2.45) is 0 Å². The van der Waals surface area contributed by atoms with Gasteiger partial charge in [0.2, 0.25) is 0 Å². The highest BCUT2D eigenvalue weighted by atomic mass is 79.9. The highest BCUT2D eigenvalue weighted by Gasteiger charge is 2.02. The van der Waals surface area contributed by atoms with Crippen molar-refractivity contribution in [1.29, 1.82) is 0 Å². The van der Waals surface area contributed by atoms with Gasteiger partial charge in [-0.25, -0.2) is 0 Å². The predicted molar refractivity (Wildman–Crippen MR) is 55.8 cm³/mol. The zero-order chi connectivity index (χ0) is 9.14. The molecule has 0 fully saturated rings. The van der Waals surface area contributed by atoms with Gasteiger partial charge in [-0.05, 0) is 24.6 Å². The second-order valence-corrected chi connectivity index (χ2v) is 4.03. The van der Waals surface area contributed by atoms with E-state index in [1.807, 2.05) is 18.2 Å². The van der Waals surface area contributed by atoms with Crippen LogP contribution in [0.2, 0.25) is 0 Å². The molecule has 0 aromatic heterocycles. The molecule has 0 aliphatic rings. The molecule has 0 saturated carbocycles. The van der Waals surface area contributed by atoms with Crippen LogP contribution >= 0.6 is 28.6 Å². The lowest BCUT2D eigenvalue weighted by atomic mass is 10.1. The van der Waals surface area contributed by atoms with Crippen LogP contribution in [-0.2, 0) is 11.2 Å². The van der Waals surface area contributed by atoms with Crippen molar-refractivity contribution in [1.82, 2.24) is 0 Å². The average molecular weight is 245 g/mol. The third-order valence-corrected chi connectivity index (χ3v) is 2.49. The Morgan fingerprint density at radius 2 is 2.25 bits per heavy atom. The predicted octanol–water partition coefficient (Wildman–Crippen LogP) is 2.87. The first-order chi connectivity index (χ1) is 5.59. The van der Waals surface area contributed by atoms with Crippen LogP contribution in [0.15, 0.2) is 27.6 Å². The van der Waals surface area contributed by atoms with Crippen molar-refractivity contribution in [3.05, 3.63) is 28.2 Å². The minimum absolute atomic E-state index is 0.169. The largest absolute Gasteiger partial charge is 0.300 e. The molecule has 0 N–H and O–H groups in total. The number of thiol groups is 1. The zero-order valence-electron chi connectivity index (χ0n) is 6.67. The second kappa shape index (κ2) is 4.10. The SMILES string of the molecule is CC(=O)Cc1ccc(S)cc1Br. The summed E-state index contributed by atoms with van der Waals surface area (Å²) in [5.41, 5.74) is 1.01. The van der Waals surface area contributed by atoms with Crippen LogP contribution in [0.1, 0.15) is 12.5 Å². The monoisotopic (exact) mass is 244 g/mol. The first kappa shape index (κ1) is 9.81. The van der Waals surface area contributed by atoms with Crippen molar-refractivity contribution in [2.45, 2.75) is 18.2 Å². The highest BCUT2D eigenvalue weighted by molar-refractivity contribution is 9.10. The Morgan fingerprint density at radius 3 is 2.75 bits per heavy atom. The molecule has 3 heteroatoms. The number of ketones is 1. The molecule has 0 aliphatic heterocycles. The second-order valence-electron chi connectivity index (χ2n) is 2.65. The quantitative estimate of drug-likeness (QED) is 0.793. The number of rotatable bonds is 2. The van der Waals surface area contributed by atoms with Gasteiger partial charge < -0.3 is 0 Å². The van der Waals surface area contributed by atoms with Crippen molar-refractivity contribution < 1.29 is 4.79 Å². The lowest BCUT2D eigenvalue weighted by Gasteiger charge is -2.01. The van der Waals surface area contributed by atoms with Crippen LogP contribution in [0.3, 0.4) is 0 Å². The molecule has 1 nitrogen and oxygen atoms in total. The summed E-state index contributed by atoms with van der Waals surface area (Å²) in [6.07, 6.45) is 0.481. The maximum absolute atomic E-state index is 10.8. The molecular formula is C9H9BrOS. The van der Waals surface area contributed by atoms with E-state index in [1.165, 1.54) is 0 Å². The van der Waals surface area contributed by atoms with Gasteiger partial charge >= 0.3 is 0 Å². The Kier molecular flexibility index (Phi) is 3.35. The molecule has 12 heavy (non-hydrogen) atoms.